The number of carbonyl (C=O) groups excluding carboxylic acids is 1. The fourth-order valence-corrected chi connectivity index (χ4v) is 4.88. The molecule has 0 aliphatic heterocycles. The van der Waals surface area contributed by atoms with Crippen LogP contribution in [0.1, 0.15) is 23.7 Å². The van der Waals surface area contributed by atoms with Crippen LogP contribution >= 0.6 is 11.3 Å². The summed E-state index contributed by atoms with van der Waals surface area (Å²) in [5, 5.41) is 0. The van der Waals surface area contributed by atoms with Crippen LogP contribution in [-0.2, 0) is 16.6 Å². The van der Waals surface area contributed by atoms with Crippen molar-refractivity contribution in [3.8, 4) is 5.75 Å². The topological polar surface area (TPSA) is 81.0 Å². The van der Waals surface area contributed by atoms with Crippen molar-refractivity contribution in [3.05, 3.63) is 52.8 Å². The number of hydrogen-bond acceptors (Lipinski definition) is 5. The van der Waals surface area contributed by atoms with Gasteiger partial charge in [-0.2, -0.15) is 4.99 Å². The highest BCUT2D eigenvalue weighted by atomic mass is 32.2. The molecule has 29 heavy (non-hydrogen) atoms. The van der Waals surface area contributed by atoms with Gasteiger partial charge in [-0.05, 0) is 42.8 Å². The molecule has 154 valence electrons. The van der Waals surface area contributed by atoms with Gasteiger partial charge in [0.15, 0.2) is 4.80 Å². The van der Waals surface area contributed by atoms with Gasteiger partial charge < -0.3 is 9.30 Å². The van der Waals surface area contributed by atoms with E-state index in [9.17, 15) is 13.2 Å². The first-order chi connectivity index (χ1) is 13.8. The maximum atomic E-state index is 12.7. The summed E-state index contributed by atoms with van der Waals surface area (Å²) in [7, 11) is 1.01. The molecular weight excluding hydrogens is 410 g/mol. The Morgan fingerprint density at radius 1 is 1.17 bits per heavy atom. The largest absolute Gasteiger partial charge is 0.495 e. The lowest BCUT2D eigenvalue weighted by atomic mass is 10.2. The van der Waals surface area contributed by atoms with E-state index in [0.29, 0.717) is 16.9 Å². The van der Waals surface area contributed by atoms with E-state index < -0.39 is 15.9 Å². The average Bonchev–Trinajstić information content (AvgIpc) is 3.05. The zero-order chi connectivity index (χ0) is 21.2. The summed E-state index contributed by atoms with van der Waals surface area (Å²) in [5.41, 5.74) is 1.25. The van der Waals surface area contributed by atoms with E-state index in [1.807, 2.05) is 22.8 Å². The van der Waals surface area contributed by atoms with E-state index in [1.165, 1.54) is 49.7 Å². The second-order valence-electron chi connectivity index (χ2n) is 6.57. The van der Waals surface area contributed by atoms with Gasteiger partial charge >= 0.3 is 0 Å². The van der Waals surface area contributed by atoms with E-state index in [4.69, 9.17) is 4.74 Å². The monoisotopic (exact) mass is 433 g/mol. The SMILES string of the molecule is CCCn1c(=NC(=O)c2ccc(S(=O)(=O)N(C)C)cc2)sc2cccc(OC)c21. The first-order valence-electron chi connectivity index (χ1n) is 9.07. The van der Waals surface area contributed by atoms with Crippen LogP contribution in [0.25, 0.3) is 10.2 Å². The minimum Gasteiger partial charge on any atom is -0.495 e. The Balaban J connectivity index is 2.05. The van der Waals surface area contributed by atoms with Crippen molar-refractivity contribution in [2.24, 2.45) is 4.99 Å². The fraction of sp³-hybridized carbons (Fsp3) is 0.300. The number of ether oxygens (including phenoxy) is 1. The molecule has 0 unspecified atom stereocenters. The molecule has 0 aliphatic rings. The van der Waals surface area contributed by atoms with Crippen LogP contribution in [0.4, 0.5) is 0 Å². The zero-order valence-corrected chi connectivity index (χ0v) is 18.4. The number of benzene rings is 2. The minimum absolute atomic E-state index is 0.131. The van der Waals surface area contributed by atoms with Gasteiger partial charge in [0.2, 0.25) is 10.0 Å². The molecule has 1 aromatic heterocycles. The number of thiazole rings is 1. The van der Waals surface area contributed by atoms with Crippen molar-refractivity contribution >= 4 is 37.5 Å². The molecule has 0 saturated heterocycles. The average molecular weight is 434 g/mol. The summed E-state index contributed by atoms with van der Waals surface area (Å²) in [5.74, 6) is 0.313. The van der Waals surface area contributed by atoms with E-state index in [0.717, 1.165) is 26.7 Å². The van der Waals surface area contributed by atoms with Gasteiger partial charge in [-0.3, -0.25) is 4.79 Å². The van der Waals surface area contributed by atoms with Gasteiger partial charge in [-0.15, -0.1) is 0 Å². The number of para-hydroxylation sites is 1. The fourth-order valence-electron chi connectivity index (χ4n) is 2.91. The lowest BCUT2D eigenvalue weighted by Gasteiger charge is -2.11. The Morgan fingerprint density at radius 3 is 2.45 bits per heavy atom. The van der Waals surface area contributed by atoms with Crippen molar-refractivity contribution in [3.63, 3.8) is 0 Å². The highest BCUT2D eigenvalue weighted by Crippen LogP contribution is 2.27. The van der Waals surface area contributed by atoms with Crippen LogP contribution in [0.3, 0.4) is 0 Å². The summed E-state index contributed by atoms with van der Waals surface area (Å²) in [6, 6.07) is 11.6. The van der Waals surface area contributed by atoms with Gasteiger partial charge in [-0.1, -0.05) is 24.3 Å². The molecule has 1 heterocycles. The molecule has 0 atom stereocenters. The molecule has 3 aromatic rings. The number of amides is 1. The van der Waals surface area contributed by atoms with Crippen LogP contribution in [0, 0.1) is 0 Å². The molecule has 0 N–H and O–H groups in total. The first kappa shape index (κ1) is 21.2. The maximum absolute atomic E-state index is 12.7. The molecule has 9 heteroatoms. The standard InChI is InChI=1S/C20H23N3O4S2/c1-5-13-23-18-16(27-4)7-6-8-17(18)28-20(23)21-19(24)14-9-11-15(12-10-14)29(25,26)22(2)3/h6-12H,5,13H2,1-4H3. The van der Waals surface area contributed by atoms with Crippen LogP contribution < -0.4 is 9.54 Å². The Hall–Kier alpha value is -2.49. The van der Waals surface area contributed by atoms with Crippen molar-refractivity contribution in [2.45, 2.75) is 24.8 Å². The number of methoxy groups -OCH3 is 1. The maximum Gasteiger partial charge on any atom is 0.279 e. The molecule has 7 nitrogen and oxygen atoms in total. The molecule has 0 saturated carbocycles. The Labute approximate surface area is 173 Å². The number of aromatic nitrogens is 1. The van der Waals surface area contributed by atoms with Gasteiger partial charge in [-0.25, -0.2) is 12.7 Å². The summed E-state index contributed by atoms with van der Waals surface area (Å²) in [6.07, 6.45) is 0.877. The molecule has 0 spiro atoms. The molecule has 0 aliphatic carbocycles. The van der Waals surface area contributed by atoms with Crippen LogP contribution in [-0.4, -0.2) is 44.4 Å². The molecular formula is C20H23N3O4S2. The minimum atomic E-state index is -3.54. The van der Waals surface area contributed by atoms with Gasteiger partial charge in [0, 0.05) is 26.2 Å². The van der Waals surface area contributed by atoms with Gasteiger partial charge in [0.1, 0.15) is 11.3 Å². The second-order valence-corrected chi connectivity index (χ2v) is 9.73. The molecule has 2 aromatic carbocycles. The van der Waals surface area contributed by atoms with Crippen LogP contribution in [0.2, 0.25) is 0 Å². The summed E-state index contributed by atoms with van der Waals surface area (Å²) < 4.78 is 34.0. The third kappa shape index (κ3) is 4.12. The van der Waals surface area contributed by atoms with Crippen molar-refractivity contribution in [1.29, 1.82) is 0 Å². The normalized spacial score (nSPS) is 12.7. The van der Waals surface area contributed by atoms with Crippen molar-refractivity contribution < 1.29 is 17.9 Å². The third-order valence-corrected chi connectivity index (χ3v) is 7.28. The predicted octanol–water partition coefficient (Wildman–Crippen LogP) is 3.11. The van der Waals surface area contributed by atoms with Crippen LogP contribution in [0.5, 0.6) is 5.75 Å². The molecule has 0 bridgehead atoms. The van der Waals surface area contributed by atoms with Gasteiger partial charge in [0.25, 0.3) is 5.91 Å². The first-order valence-corrected chi connectivity index (χ1v) is 11.3. The van der Waals surface area contributed by atoms with E-state index in [2.05, 4.69) is 11.9 Å². The lowest BCUT2D eigenvalue weighted by Crippen LogP contribution is -2.22. The summed E-state index contributed by atoms with van der Waals surface area (Å²) in [4.78, 5) is 17.8. The molecule has 3 rings (SSSR count). The molecule has 0 fully saturated rings. The van der Waals surface area contributed by atoms with E-state index in [-0.39, 0.29) is 4.90 Å². The smallest absolute Gasteiger partial charge is 0.279 e. The van der Waals surface area contributed by atoms with Crippen molar-refractivity contribution in [2.75, 3.05) is 21.2 Å². The van der Waals surface area contributed by atoms with Crippen molar-refractivity contribution in [1.82, 2.24) is 8.87 Å². The summed E-state index contributed by atoms with van der Waals surface area (Å²) in [6.45, 7) is 2.76. The highest BCUT2D eigenvalue weighted by Gasteiger charge is 2.18. The predicted molar refractivity (Wildman–Crippen MR) is 114 cm³/mol. The Morgan fingerprint density at radius 2 is 1.86 bits per heavy atom. The highest BCUT2D eigenvalue weighted by molar-refractivity contribution is 7.89. The lowest BCUT2D eigenvalue weighted by molar-refractivity contribution is 0.0997. The van der Waals surface area contributed by atoms with Crippen LogP contribution in [0.15, 0.2) is 52.4 Å². The number of nitrogens with zero attached hydrogens (tertiary/aromatic N) is 3. The number of sulfonamides is 1. The second kappa shape index (κ2) is 8.48. The molecule has 0 radical (unpaired) electrons. The van der Waals surface area contributed by atoms with E-state index in [1.54, 1.807) is 7.11 Å². The Bertz CT molecular complexity index is 1210. The zero-order valence-electron chi connectivity index (χ0n) is 16.7. The number of rotatable bonds is 6. The van der Waals surface area contributed by atoms with E-state index >= 15 is 0 Å². The number of carbonyl (C=O) groups is 1. The number of hydrogen-bond donors (Lipinski definition) is 0. The summed E-state index contributed by atoms with van der Waals surface area (Å²) >= 11 is 1.42. The third-order valence-electron chi connectivity index (χ3n) is 4.41. The van der Waals surface area contributed by atoms with Gasteiger partial charge in [0.05, 0.1) is 16.7 Å². The quantitative estimate of drug-likeness (QED) is 0.598. The number of aryl methyl sites for hydroxylation is 1. The molecule has 1 amide bonds. The Kier molecular flexibility index (Phi) is 6.21. The number of fused-ring (bicyclic) bond motifs is 1.